The number of hydrogen-bond donors (Lipinski definition) is 1. The van der Waals surface area contributed by atoms with E-state index in [2.05, 4.69) is 26.4 Å². The molecule has 0 bridgehead atoms. The van der Waals surface area contributed by atoms with Crippen molar-refractivity contribution in [3.05, 3.63) is 63.9 Å². The normalized spacial score (nSPS) is 15.7. The zero-order valence-electron chi connectivity index (χ0n) is 14.4. The van der Waals surface area contributed by atoms with E-state index in [0.717, 1.165) is 10.0 Å². The van der Waals surface area contributed by atoms with E-state index in [1.54, 1.807) is 18.2 Å². The number of carbonyl (C=O) groups excluding carboxylic acids is 2. The van der Waals surface area contributed by atoms with Gasteiger partial charge < -0.3 is 14.9 Å². The van der Waals surface area contributed by atoms with E-state index >= 15 is 0 Å². The fraction of sp³-hybridized carbons (Fsp3) is 0.211. The van der Waals surface area contributed by atoms with Gasteiger partial charge in [0.1, 0.15) is 5.82 Å². The van der Waals surface area contributed by atoms with Crippen molar-refractivity contribution in [1.29, 1.82) is 0 Å². The second-order valence-electron chi connectivity index (χ2n) is 5.99. The van der Waals surface area contributed by atoms with Crippen LogP contribution in [0.2, 0.25) is 0 Å². The highest BCUT2D eigenvalue weighted by molar-refractivity contribution is 9.10. The van der Waals surface area contributed by atoms with E-state index in [1.165, 1.54) is 12.1 Å². The van der Waals surface area contributed by atoms with Crippen LogP contribution in [-0.4, -0.2) is 30.3 Å². The molecule has 140 valence electrons. The van der Waals surface area contributed by atoms with Gasteiger partial charge in [-0.3, -0.25) is 4.79 Å². The molecule has 2 aromatic rings. The van der Waals surface area contributed by atoms with E-state index in [1.807, 2.05) is 19.1 Å². The van der Waals surface area contributed by atoms with Crippen molar-refractivity contribution in [2.45, 2.75) is 19.4 Å². The molecule has 1 heterocycles. The number of hydrogen-bond acceptors (Lipinski definition) is 5. The van der Waals surface area contributed by atoms with Gasteiger partial charge >= 0.3 is 5.97 Å². The Bertz CT molecular complexity index is 916. The van der Waals surface area contributed by atoms with E-state index in [9.17, 15) is 14.0 Å². The highest BCUT2D eigenvalue weighted by atomic mass is 79.9. The van der Waals surface area contributed by atoms with Crippen LogP contribution in [0.15, 0.2) is 52.1 Å². The van der Waals surface area contributed by atoms with Crippen molar-refractivity contribution in [1.82, 2.24) is 0 Å². The van der Waals surface area contributed by atoms with Crippen LogP contribution in [0.25, 0.3) is 0 Å². The molecule has 0 saturated carbocycles. The van der Waals surface area contributed by atoms with Gasteiger partial charge in [-0.25, -0.2) is 9.18 Å². The zero-order chi connectivity index (χ0) is 19.4. The summed E-state index contributed by atoms with van der Waals surface area (Å²) < 4.78 is 19.0. The first kappa shape index (κ1) is 19.0. The van der Waals surface area contributed by atoms with Crippen molar-refractivity contribution >= 4 is 39.2 Å². The third-order valence-electron chi connectivity index (χ3n) is 3.83. The molecule has 0 fully saturated rings. The van der Waals surface area contributed by atoms with Crippen LogP contribution in [-0.2, 0) is 19.2 Å². The summed E-state index contributed by atoms with van der Waals surface area (Å²) in [6.07, 6.45) is -0.810. The minimum Gasteiger partial charge on any atom is -0.453 e. The van der Waals surface area contributed by atoms with Gasteiger partial charge in [-0.2, -0.15) is 0 Å². The molecule has 6 nitrogen and oxygen atoms in total. The Labute approximate surface area is 163 Å². The topological polar surface area (TPSA) is 77.0 Å². The van der Waals surface area contributed by atoms with Crippen LogP contribution in [0.3, 0.4) is 0 Å². The molecular weight excluding hydrogens is 419 g/mol. The number of amides is 1. The van der Waals surface area contributed by atoms with Gasteiger partial charge in [0.15, 0.2) is 6.61 Å². The predicted octanol–water partition coefficient (Wildman–Crippen LogP) is 3.57. The first-order valence-corrected chi connectivity index (χ1v) is 8.93. The fourth-order valence-corrected chi connectivity index (χ4v) is 3.07. The molecule has 0 aromatic heterocycles. The maximum Gasteiger partial charge on any atom is 0.351 e. The average molecular weight is 435 g/mol. The Morgan fingerprint density at radius 2 is 2.15 bits per heavy atom. The number of benzene rings is 2. The standard InChI is InChI=1S/C19H16BrFN2O4/c1-11-5-6-15(14(20)7-11)22-18(24)10-26-19(25)17-9-16(23-27-17)12-3-2-4-13(21)8-12/h2-8,17H,9-10H2,1H3,(H,22,24). The van der Waals surface area contributed by atoms with Gasteiger partial charge in [0.2, 0.25) is 6.10 Å². The van der Waals surface area contributed by atoms with Crippen LogP contribution in [0, 0.1) is 12.7 Å². The molecule has 1 N–H and O–H groups in total. The van der Waals surface area contributed by atoms with E-state index in [0.29, 0.717) is 17.0 Å². The van der Waals surface area contributed by atoms with Crippen LogP contribution in [0.5, 0.6) is 0 Å². The van der Waals surface area contributed by atoms with Gasteiger partial charge in [0.05, 0.1) is 11.4 Å². The predicted molar refractivity (Wildman–Crippen MR) is 101 cm³/mol. The molecule has 0 aliphatic carbocycles. The van der Waals surface area contributed by atoms with Crippen molar-refractivity contribution in [3.8, 4) is 0 Å². The average Bonchev–Trinajstić information content (AvgIpc) is 3.12. The first-order valence-electron chi connectivity index (χ1n) is 8.13. The number of carbonyl (C=O) groups is 2. The van der Waals surface area contributed by atoms with Crippen LogP contribution in [0.4, 0.5) is 10.1 Å². The molecule has 1 aliphatic rings. The number of ether oxygens (including phenoxy) is 1. The number of aryl methyl sites for hydroxylation is 1. The minimum atomic E-state index is -0.956. The summed E-state index contributed by atoms with van der Waals surface area (Å²) in [5, 5.41) is 6.46. The number of nitrogens with one attached hydrogen (secondary N) is 1. The first-order chi connectivity index (χ1) is 12.9. The molecule has 0 radical (unpaired) electrons. The summed E-state index contributed by atoms with van der Waals surface area (Å²) in [6, 6.07) is 11.3. The summed E-state index contributed by atoms with van der Waals surface area (Å²) in [4.78, 5) is 29.1. The third kappa shape index (κ3) is 4.91. The lowest BCUT2D eigenvalue weighted by Crippen LogP contribution is -2.28. The molecule has 8 heteroatoms. The molecule has 1 unspecified atom stereocenters. The van der Waals surface area contributed by atoms with Gasteiger partial charge in [-0.05, 0) is 52.7 Å². The number of halogens is 2. The number of anilines is 1. The molecule has 3 rings (SSSR count). The van der Waals surface area contributed by atoms with Gasteiger partial charge in [-0.1, -0.05) is 23.4 Å². The minimum absolute atomic E-state index is 0.146. The van der Waals surface area contributed by atoms with Crippen LogP contribution < -0.4 is 5.32 Å². The third-order valence-corrected chi connectivity index (χ3v) is 4.49. The monoisotopic (exact) mass is 434 g/mol. The van der Waals surface area contributed by atoms with E-state index in [4.69, 9.17) is 9.57 Å². The number of nitrogens with zero attached hydrogens (tertiary/aromatic N) is 1. The molecule has 0 saturated heterocycles. The molecule has 1 aliphatic heterocycles. The number of oxime groups is 1. The molecule has 1 amide bonds. The van der Waals surface area contributed by atoms with Crippen molar-refractivity contribution < 1.29 is 23.6 Å². The quantitative estimate of drug-likeness (QED) is 0.729. The van der Waals surface area contributed by atoms with Gasteiger partial charge in [0, 0.05) is 16.5 Å². The second kappa shape index (κ2) is 8.30. The smallest absolute Gasteiger partial charge is 0.351 e. The second-order valence-corrected chi connectivity index (χ2v) is 6.84. The SMILES string of the molecule is Cc1ccc(NC(=O)COC(=O)C2CC(c3cccc(F)c3)=NO2)c(Br)c1. The fourth-order valence-electron chi connectivity index (χ4n) is 2.48. The van der Waals surface area contributed by atoms with Crippen molar-refractivity contribution in [3.63, 3.8) is 0 Å². The lowest BCUT2D eigenvalue weighted by molar-refractivity contribution is -0.157. The molecular formula is C19H16BrFN2O4. The van der Waals surface area contributed by atoms with Crippen LogP contribution >= 0.6 is 15.9 Å². The molecule has 2 aromatic carbocycles. The number of rotatable bonds is 5. The lowest BCUT2D eigenvalue weighted by Gasteiger charge is -2.10. The number of esters is 1. The lowest BCUT2D eigenvalue weighted by atomic mass is 10.1. The zero-order valence-corrected chi connectivity index (χ0v) is 16.0. The van der Waals surface area contributed by atoms with Gasteiger partial charge in [0.25, 0.3) is 5.91 Å². The van der Waals surface area contributed by atoms with Crippen molar-refractivity contribution in [2.75, 3.05) is 11.9 Å². The highest BCUT2D eigenvalue weighted by Crippen LogP contribution is 2.23. The molecule has 1 atom stereocenters. The Balaban J connectivity index is 1.49. The Kier molecular flexibility index (Phi) is 5.85. The summed E-state index contributed by atoms with van der Waals surface area (Å²) in [6.45, 7) is 1.48. The summed E-state index contributed by atoms with van der Waals surface area (Å²) in [5.74, 6) is -1.58. The van der Waals surface area contributed by atoms with Crippen LogP contribution in [0.1, 0.15) is 17.5 Å². The summed E-state index contributed by atoms with van der Waals surface area (Å²) >= 11 is 3.36. The Hall–Kier alpha value is -2.74. The Morgan fingerprint density at radius 3 is 2.89 bits per heavy atom. The molecule has 27 heavy (non-hydrogen) atoms. The van der Waals surface area contributed by atoms with E-state index in [-0.39, 0.29) is 6.42 Å². The highest BCUT2D eigenvalue weighted by Gasteiger charge is 2.30. The summed E-state index contributed by atoms with van der Waals surface area (Å²) in [5.41, 5.74) is 2.60. The maximum atomic E-state index is 13.3. The molecule has 0 spiro atoms. The Morgan fingerprint density at radius 1 is 1.33 bits per heavy atom. The van der Waals surface area contributed by atoms with Crippen molar-refractivity contribution in [2.24, 2.45) is 5.16 Å². The largest absolute Gasteiger partial charge is 0.453 e. The maximum absolute atomic E-state index is 13.3. The van der Waals surface area contributed by atoms with E-state index < -0.39 is 30.4 Å². The van der Waals surface area contributed by atoms with Gasteiger partial charge in [-0.15, -0.1) is 0 Å². The summed E-state index contributed by atoms with van der Waals surface area (Å²) in [7, 11) is 0.